The Hall–Kier alpha value is -0.340. The second-order valence-corrected chi connectivity index (χ2v) is 12.3. The zero-order valence-corrected chi connectivity index (χ0v) is 26.8. The van der Waals surface area contributed by atoms with Gasteiger partial charge >= 0.3 is 0 Å². The zero-order chi connectivity index (χ0) is 28.6. The quantitative estimate of drug-likeness (QED) is 0.0816. The lowest BCUT2D eigenvalue weighted by molar-refractivity contribution is -0.189. The first-order chi connectivity index (χ1) is 19.0. The van der Waals surface area contributed by atoms with Gasteiger partial charge in [-0.1, -0.05) is 129 Å². The maximum absolute atomic E-state index is 10.8. The SMILES string of the molecule is CCCCCCCCCCCCC(=S)OC[C@H]1OC[C@H](O)[C@@H](OC(=S)CCCCCCCCCCCC)[C@@H]1O. The summed E-state index contributed by atoms with van der Waals surface area (Å²) in [7, 11) is 0. The molecule has 0 unspecified atom stereocenters. The van der Waals surface area contributed by atoms with Gasteiger partial charge in [-0.25, -0.2) is 0 Å². The van der Waals surface area contributed by atoms with Gasteiger partial charge < -0.3 is 24.4 Å². The number of ether oxygens (including phenoxy) is 3. The lowest BCUT2D eigenvalue weighted by Gasteiger charge is -2.37. The summed E-state index contributed by atoms with van der Waals surface area (Å²) in [5, 5.41) is 22.1. The summed E-state index contributed by atoms with van der Waals surface area (Å²) in [4.78, 5) is 0. The number of thiocarbonyl (C=S) groups is 2. The van der Waals surface area contributed by atoms with Gasteiger partial charge in [-0.15, -0.1) is 0 Å². The Bertz CT molecular complexity index is 603. The lowest BCUT2D eigenvalue weighted by atomic mass is 10.00. The minimum atomic E-state index is -1.01. The van der Waals surface area contributed by atoms with Gasteiger partial charge in [0.2, 0.25) is 0 Å². The van der Waals surface area contributed by atoms with Crippen LogP contribution in [-0.2, 0) is 14.2 Å². The van der Waals surface area contributed by atoms with Crippen LogP contribution in [0.25, 0.3) is 0 Å². The van der Waals surface area contributed by atoms with Gasteiger partial charge in [-0.05, 0) is 37.3 Å². The van der Waals surface area contributed by atoms with E-state index < -0.39 is 24.4 Å². The molecule has 0 saturated carbocycles. The fourth-order valence-electron chi connectivity index (χ4n) is 5.12. The summed E-state index contributed by atoms with van der Waals surface area (Å²) >= 11 is 10.8. The molecule has 1 fully saturated rings. The van der Waals surface area contributed by atoms with E-state index in [1.807, 2.05) is 0 Å². The van der Waals surface area contributed by atoms with E-state index in [1.165, 1.54) is 109 Å². The summed E-state index contributed by atoms with van der Waals surface area (Å²) < 4.78 is 17.2. The predicted octanol–water partition coefficient (Wildman–Crippen LogP) is 8.79. The first kappa shape index (κ1) is 36.7. The van der Waals surface area contributed by atoms with Crippen LogP contribution in [-0.4, -0.2) is 57.9 Å². The number of aliphatic hydroxyl groups is 2. The first-order valence-electron chi connectivity index (χ1n) is 16.3. The fourth-order valence-corrected chi connectivity index (χ4v) is 5.59. The van der Waals surface area contributed by atoms with Crippen LogP contribution in [0.3, 0.4) is 0 Å². The molecule has 0 spiro atoms. The van der Waals surface area contributed by atoms with Gasteiger partial charge in [0, 0.05) is 12.8 Å². The molecule has 1 aliphatic rings. The van der Waals surface area contributed by atoms with Gasteiger partial charge in [0.1, 0.15) is 24.9 Å². The molecule has 5 nitrogen and oxygen atoms in total. The summed E-state index contributed by atoms with van der Waals surface area (Å²) in [5.74, 6) is 0. The zero-order valence-electron chi connectivity index (χ0n) is 25.2. The van der Waals surface area contributed by atoms with Crippen molar-refractivity contribution >= 4 is 34.5 Å². The molecule has 0 bridgehead atoms. The number of hydrogen-bond donors (Lipinski definition) is 2. The normalized spacial score (nSPS) is 21.1. The highest BCUT2D eigenvalue weighted by Gasteiger charge is 2.41. The Morgan fingerprint density at radius 2 is 1.05 bits per heavy atom. The minimum Gasteiger partial charge on any atom is -0.484 e. The number of unbranched alkanes of at least 4 members (excludes halogenated alkanes) is 18. The molecule has 0 radical (unpaired) electrons. The largest absolute Gasteiger partial charge is 0.484 e. The molecular formula is C32H60O5S2. The lowest BCUT2D eigenvalue weighted by Crippen LogP contribution is -2.56. The number of hydrogen-bond acceptors (Lipinski definition) is 7. The molecule has 0 aromatic carbocycles. The van der Waals surface area contributed by atoms with Gasteiger partial charge in [-0.3, -0.25) is 0 Å². The third kappa shape index (κ3) is 19.4. The summed E-state index contributed by atoms with van der Waals surface area (Å²) in [6, 6.07) is 0. The van der Waals surface area contributed by atoms with Crippen molar-refractivity contribution in [3.05, 3.63) is 0 Å². The van der Waals surface area contributed by atoms with E-state index >= 15 is 0 Å². The maximum Gasteiger partial charge on any atom is 0.160 e. The second kappa shape index (κ2) is 25.4. The average Bonchev–Trinajstić information content (AvgIpc) is 2.92. The molecular weight excluding hydrogens is 528 g/mol. The standard InChI is InChI=1S/C32H60O5S2/c1-3-5-7-9-11-13-15-17-19-21-23-29(38)36-26-28-31(34)32(27(33)25-35-28)37-30(39)24-22-20-18-16-14-12-10-8-6-4-2/h27-28,31-34H,3-26H2,1-2H3/t27-,28+,31+,32+/m0/s1. The molecule has 4 atom stereocenters. The average molecular weight is 589 g/mol. The van der Waals surface area contributed by atoms with E-state index in [2.05, 4.69) is 13.8 Å². The minimum absolute atomic E-state index is 0.0851. The Morgan fingerprint density at radius 3 is 1.51 bits per heavy atom. The van der Waals surface area contributed by atoms with E-state index in [1.54, 1.807) is 0 Å². The molecule has 7 heteroatoms. The fraction of sp³-hybridized carbons (Fsp3) is 0.938. The third-order valence-corrected chi connectivity index (χ3v) is 8.35. The molecule has 39 heavy (non-hydrogen) atoms. The van der Waals surface area contributed by atoms with Gasteiger partial charge in [0.15, 0.2) is 16.2 Å². The second-order valence-electron chi connectivity index (χ2n) is 11.4. The molecule has 1 saturated heterocycles. The summed E-state index contributed by atoms with van der Waals surface area (Å²) in [6.45, 7) is 4.75. The molecule has 2 N–H and O–H groups in total. The van der Waals surface area contributed by atoms with Crippen LogP contribution >= 0.6 is 24.4 Å². The van der Waals surface area contributed by atoms with Crippen molar-refractivity contribution in [3.63, 3.8) is 0 Å². The van der Waals surface area contributed by atoms with Crippen LogP contribution in [0.1, 0.15) is 155 Å². The maximum atomic E-state index is 10.8. The number of aliphatic hydroxyl groups excluding tert-OH is 2. The van der Waals surface area contributed by atoms with Crippen molar-refractivity contribution in [1.82, 2.24) is 0 Å². The topological polar surface area (TPSA) is 68.2 Å². The Balaban J connectivity index is 2.13. The molecule has 0 aromatic heterocycles. The highest BCUT2D eigenvalue weighted by molar-refractivity contribution is 7.80. The van der Waals surface area contributed by atoms with E-state index in [4.69, 9.17) is 38.6 Å². The smallest absolute Gasteiger partial charge is 0.160 e. The Labute approximate surface area is 251 Å². The monoisotopic (exact) mass is 588 g/mol. The first-order valence-corrected chi connectivity index (χ1v) is 17.1. The van der Waals surface area contributed by atoms with Crippen molar-refractivity contribution < 1.29 is 24.4 Å². The molecule has 0 aliphatic carbocycles. The van der Waals surface area contributed by atoms with Gasteiger partial charge in [0.25, 0.3) is 0 Å². The van der Waals surface area contributed by atoms with Crippen LogP contribution in [0.4, 0.5) is 0 Å². The molecule has 230 valence electrons. The summed E-state index contributed by atoms with van der Waals surface area (Å²) in [5.41, 5.74) is 0. The van der Waals surface area contributed by atoms with E-state index in [9.17, 15) is 10.2 Å². The molecule has 0 amide bonds. The van der Waals surface area contributed by atoms with E-state index in [0.717, 1.165) is 25.7 Å². The van der Waals surface area contributed by atoms with Crippen molar-refractivity contribution in [2.24, 2.45) is 0 Å². The van der Waals surface area contributed by atoms with Crippen molar-refractivity contribution in [3.8, 4) is 0 Å². The predicted molar refractivity (Wildman–Crippen MR) is 171 cm³/mol. The molecule has 1 heterocycles. The molecule has 1 aliphatic heterocycles. The summed E-state index contributed by atoms with van der Waals surface area (Å²) in [6.07, 6.45) is 23.6. The Kier molecular flexibility index (Phi) is 23.9. The van der Waals surface area contributed by atoms with Crippen molar-refractivity contribution in [2.75, 3.05) is 13.2 Å². The van der Waals surface area contributed by atoms with Crippen LogP contribution in [0, 0.1) is 0 Å². The van der Waals surface area contributed by atoms with E-state index in [0.29, 0.717) is 16.5 Å². The van der Waals surface area contributed by atoms with Crippen molar-refractivity contribution in [2.45, 2.75) is 180 Å². The van der Waals surface area contributed by atoms with Crippen LogP contribution in [0.5, 0.6) is 0 Å². The molecule has 0 aromatic rings. The highest BCUT2D eigenvalue weighted by atomic mass is 32.1. The van der Waals surface area contributed by atoms with Crippen molar-refractivity contribution in [1.29, 1.82) is 0 Å². The van der Waals surface area contributed by atoms with Gasteiger partial charge in [-0.2, -0.15) is 0 Å². The van der Waals surface area contributed by atoms with Gasteiger partial charge in [0.05, 0.1) is 6.61 Å². The van der Waals surface area contributed by atoms with Crippen LogP contribution in [0.2, 0.25) is 0 Å². The van der Waals surface area contributed by atoms with Crippen LogP contribution in [0.15, 0.2) is 0 Å². The van der Waals surface area contributed by atoms with Crippen LogP contribution < -0.4 is 0 Å². The number of rotatable bonds is 25. The Morgan fingerprint density at radius 1 is 0.641 bits per heavy atom. The highest BCUT2D eigenvalue weighted by Crippen LogP contribution is 2.21. The van der Waals surface area contributed by atoms with E-state index in [-0.39, 0.29) is 13.2 Å². The third-order valence-electron chi connectivity index (χ3n) is 7.72. The molecule has 1 rings (SSSR count).